The largest absolute Gasteiger partial charge is 0.377 e. The number of aromatic amines is 1. The van der Waals surface area contributed by atoms with E-state index in [0.29, 0.717) is 6.61 Å². The Morgan fingerprint density at radius 2 is 1.67 bits per heavy atom. The molecule has 1 aromatic heterocycles. The van der Waals surface area contributed by atoms with Gasteiger partial charge in [0.15, 0.2) is 0 Å². The molecule has 0 aliphatic carbocycles. The molecule has 0 aliphatic heterocycles. The number of unbranched alkanes of at least 4 members (excludes halogenated alkanes) is 1. The normalized spacial score (nSPS) is 11.0. The number of rotatable bonds is 7. The van der Waals surface area contributed by atoms with Crippen LogP contribution >= 0.6 is 0 Å². The van der Waals surface area contributed by atoms with Crippen molar-refractivity contribution in [3.8, 4) is 0 Å². The van der Waals surface area contributed by atoms with Crippen LogP contribution in [0.2, 0.25) is 0 Å². The highest BCUT2D eigenvalue weighted by Crippen LogP contribution is 2.19. The Labute approximate surface area is 125 Å². The Kier molecular flexibility index (Phi) is 4.70. The zero-order chi connectivity index (χ0) is 14.3. The first kappa shape index (κ1) is 13.9. The maximum absolute atomic E-state index is 5.72. The Morgan fingerprint density at radius 3 is 2.57 bits per heavy atom. The molecule has 1 heterocycles. The SMILES string of the molecule is c1ccc(COCCCCc2c[nH]c3ccccc23)cc1. The summed E-state index contributed by atoms with van der Waals surface area (Å²) in [4.78, 5) is 3.33. The molecule has 108 valence electrons. The minimum Gasteiger partial charge on any atom is -0.377 e. The topological polar surface area (TPSA) is 25.0 Å². The summed E-state index contributed by atoms with van der Waals surface area (Å²) in [5.74, 6) is 0. The molecule has 0 amide bonds. The first-order chi connectivity index (χ1) is 10.4. The van der Waals surface area contributed by atoms with Gasteiger partial charge in [-0.1, -0.05) is 48.5 Å². The smallest absolute Gasteiger partial charge is 0.0716 e. The Balaban J connectivity index is 1.39. The lowest BCUT2D eigenvalue weighted by Crippen LogP contribution is -1.96. The number of fused-ring (bicyclic) bond motifs is 1. The summed E-state index contributed by atoms with van der Waals surface area (Å²) in [5, 5.41) is 1.35. The monoisotopic (exact) mass is 279 g/mol. The van der Waals surface area contributed by atoms with Gasteiger partial charge in [0.05, 0.1) is 6.61 Å². The molecule has 0 fully saturated rings. The lowest BCUT2D eigenvalue weighted by Gasteiger charge is -2.04. The van der Waals surface area contributed by atoms with E-state index in [9.17, 15) is 0 Å². The Bertz CT molecular complexity index is 672. The molecule has 0 atom stereocenters. The summed E-state index contributed by atoms with van der Waals surface area (Å²) >= 11 is 0. The number of para-hydroxylation sites is 1. The predicted octanol–water partition coefficient (Wildman–Crippen LogP) is 4.71. The van der Waals surface area contributed by atoms with Gasteiger partial charge in [0, 0.05) is 23.7 Å². The van der Waals surface area contributed by atoms with Gasteiger partial charge in [-0.25, -0.2) is 0 Å². The fourth-order valence-corrected chi connectivity index (χ4v) is 2.62. The van der Waals surface area contributed by atoms with Crippen LogP contribution < -0.4 is 0 Å². The molecule has 3 aromatic rings. The van der Waals surface area contributed by atoms with Crippen LogP contribution in [0.4, 0.5) is 0 Å². The molecule has 0 bridgehead atoms. The quantitative estimate of drug-likeness (QED) is 0.623. The van der Waals surface area contributed by atoms with E-state index in [1.807, 2.05) is 6.07 Å². The third kappa shape index (κ3) is 3.73. The van der Waals surface area contributed by atoms with Gasteiger partial charge in [0.25, 0.3) is 0 Å². The van der Waals surface area contributed by atoms with E-state index in [1.165, 1.54) is 22.0 Å². The van der Waals surface area contributed by atoms with E-state index in [-0.39, 0.29) is 0 Å². The van der Waals surface area contributed by atoms with E-state index in [2.05, 4.69) is 59.7 Å². The number of hydrogen-bond acceptors (Lipinski definition) is 1. The van der Waals surface area contributed by atoms with E-state index in [4.69, 9.17) is 4.74 Å². The van der Waals surface area contributed by atoms with Gasteiger partial charge in [-0.3, -0.25) is 0 Å². The Hall–Kier alpha value is -2.06. The summed E-state index contributed by atoms with van der Waals surface area (Å²) in [7, 11) is 0. The van der Waals surface area contributed by atoms with Crippen molar-refractivity contribution in [2.45, 2.75) is 25.9 Å². The summed E-state index contributed by atoms with van der Waals surface area (Å²) in [6.45, 7) is 1.55. The molecule has 0 radical (unpaired) electrons. The molecule has 2 nitrogen and oxygen atoms in total. The minimum absolute atomic E-state index is 0.716. The number of benzene rings is 2. The van der Waals surface area contributed by atoms with Crippen molar-refractivity contribution >= 4 is 10.9 Å². The third-order valence-corrected chi connectivity index (χ3v) is 3.77. The Morgan fingerprint density at radius 1 is 0.857 bits per heavy atom. The highest BCUT2D eigenvalue weighted by molar-refractivity contribution is 5.82. The molecule has 3 rings (SSSR count). The van der Waals surface area contributed by atoms with Crippen LogP contribution in [0.3, 0.4) is 0 Å². The van der Waals surface area contributed by atoms with Gasteiger partial charge in [0.1, 0.15) is 0 Å². The second-order valence-corrected chi connectivity index (χ2v) is 5.35. The molecule has 0 spiro atoms. The van der Waals surface area contributed by atoms with Crippen LogP contribution in [0, 0.1) is 0 Å². The first-order valence-electron chi connectivity index (χ1n) is 7.60. The number of aromatic nitrogens is 1. The zero-order valence-corrected chi connectivity index (χ0v) is 12.2. The molecule has 21 heavy (non-hydrogen) atoms. The fraction of sp³-hybridized carbons (Fsp3) is 0.263. The number of ether oxygens (including phenoxy) is 1. The zero-order valence-electron chi connectivity index (χ0n) is 12.2. The number of nitrogens with one attached hydrogen (secondary N) is 1. The van der Waals surface area contributed by atoms with Crippen LogP contribution in [-0.4, -0.2) is 11.6 Å². The highest BCUT2D eigenvalue weighted by atomic mass is 16.5. The van der Waals surface area contributed by atoms with Crippen molar-refractivity contribution in [1.29, 1.82) is 0 Å². The maximum Gasteiger partial charge on any atom is 0.0716 e. The van der Waals surface area contributed by atoms with Gasteiger partial charge in [-0.15, -0.1) is 0 Å². The van der Waals surface area contributed by atoms with Crippen molar-refractivity contribution in [1.82, 2.24) is 4.98 Å². The van der Waals surface area contributed by atoms with Crippen molar-refractivity contribution in [3.63, 3.8) is 0 Å². The minimum atomic E-state index is 0.716. The average molecular weight is 279 g/mol. The van der Waals surface area contributed by atoms with E-state index < -0.39 is 0 Å². The van der Waals surface area contributed by atoms with Crippen LogP contribution in [0.1, 0.15) is 24.0 Å². The summed E-state index contributed by atoms with van der Waals surface area (Å²) in [6.07, 6.45) is 5.51. The average Bonchev–Trinajstić information content (AvgIpc) is 2.95. The van der Waals surface area contributed by atoms with Gasteiger partial charge in [-0.2, -0.15) is 0 Å². The van der Waals surface area contributed by atoms with Gasteiger partial charge in [0.2, 0.25) is 0 Å². The molecule has 0 aliphatic rings. The summed E-state index contributed by atoms with van der Waals surface area (Å²) < 4.78 is 5.72. The van der Waals surface area contributed by atoms with Gasteiger partial charge in [-0.05, 0) is 36.5 Å². The van der Waals surface area contributed by atoms with Crippen molar-refractivity contribution in [3.05, 3.63) is 71.9 Å². The number of hydrogen-bond donors (Lipinski definition) is 1. The van der Waals surface area contributed by atoms with E-state index in [0.717, 1.165) is 25.9 Å². The number of aryl methyl sites for hydroxylation is 1. The molecular formula is C19H21NO. The van der Waals surface area contributed by atoms with Crippen LogP contribution in [0.15, 0.2) is 60.8 Å². The van der Waals surface area contributed by atoms with Crippen molar-refractivity contribution in [2.24, 2.45) is 0 Å². The molecule has 2 heteroatoms. The molecular weight excluding hydrogens is 258 g/mol. The van der Waals surface area contributed by atoms with E-state index in [1.54, 1.807) is 0 Å². The standard InChI is InChI=1S/C19H21NO/c1-2-8-16(9-3-1)15-21-13-7-6-10-17-14-20-19-12-5-4-11-18(17)19/h1-5,8-9,11-12,14,20H,6-7,10,13,15H2. The van der Waals surface area contributed by atoms with Crippen LogP contribution in [-0.2, 0) is 17.8 Å². The van der Waals surface area contributed by atoms with E-state index >= 15 is 0 Å². The second kappa shape index (κ2) is 7.09. The highest BCUT2D eigenvalue weighted by Gasteiger charge is 2.02. The molecule has 0 unspecified atom stereocenters. The summed E-state index contributed by atoms with van der Waals surface area (Å²) in [5.41, 5.74) is 3.88. The van der Waals surface area contributed by atoms with Crippen molar-refractivity contribution < 1.29 is 4.74 Å². The molecule has 2 aromatic carbocycles. The second-order valence-electron chi connectivity index (χ2n) is 5.35. The first-order valence-corrected chi connectivity index (χ1v) is 7.60. The molecule has 0 saturated carbocycles. The lowest BCUT2D eigenvalue weighted by molar-refractivity contribution is 0.117. The fourth-order valence-electron chi connectivity index (χ4n) is 2.62. The third-order valence-electron chi connectivity index (χ3n) is 3.77. The summed E-state index contributed by atoms with van der Waals surface area (Å²) in [6, 6.07) is 18.8. The van der Waals surface area contributed by atoms with Gasteiger partial charge >= 0.3 is 0 Å². The number of H-pyrrole nitrogens is 1. The van der Waals surface area contributed by atoms with Crippen LogP contribution in [0.5, 0.6) is 0 Å². The molecule has 1 N–H and O–H groups in total. The maximum atomic E-state index is 5.72. The van der Waals surface area contributed by atoms with Crippen molar-refractivity contribution in [2.75, 3.05) is 6.61 Å². The predicted molar refractivity (Wildman–Crippen MR) is 87.3 cm³/mol. The van der Waals surface area contributed by atoms with Gasteiger partial charge < -0.3 is 9.72 Å². The van der Waals surface area contributed by atoms with Crippen LogP contribution in [0.25, 0.3) is 10.9 Å². The lowest BCUT2D eigenvalue weighted by atomic mass is 10.1. The molecule has 0 saturated heterocycles.